The molecular weight excluding hydrogens is 259 g/mol. The van der Waals surface area contributed by atoms with Gasteiger partial charge in [0.2, 0.25) is 0 Å². The number of anilines is 1. The molecule has 1 amide bonds. The number of hydrogen-bond donors (Lipinski definition) is 2. The minimum Gasteiger partial charge on any atom is -0.365 e. The average Bonchev–Trinajstić information content (AvgIpc) is 2.86. The van der Waals surface area contributed by atoms with E-state index in [9.17, 15) is 9.18 Å². The van der Waals surface area contributed by atoms with Crippen molar-refractivity contribution < 1.29 is 13.9 Å². The molecule has 1 heterocycles. The van der Waals surface area contributed by atoms with Crippen LogP contribution in [0.5, 0.6) is 0 Å². The lowest BCUT2D eigenvalue weighted by Gasteiger charge is -2.12. The average molecular weight is 276 g/mol. The van der Waals surface area contributed by atoms with Crippen molar-refractivity contribution in [2.45, 2.75) is 32.0 Å². The van der Waals surface area contributed by atoms with Crippen LogP contribution in [0, 0.1) is 17.7 Å². The van der Waals surface area contributed by atoms with E-state index in [-0.39, 0.29) is 24.2 Å². The van der Waals surface area contributed by atoms with E-state index in [2.05, 4.69) is 17.2 Å². The van der Waals surface area contributed by atoms with Crippen LogP contribution >= 0.6 is 0 Å². The van der Waals surface area contributed by atoms with Gasteiger partial charge in [0.25, 0.3) is 5.91 Å². The molecule has 20 heavy (non-hydrogen) atoms. The van der Waals surface area contributed by atoms with Crippen LogP contribution < -0.4 is 11.1 Å². The highest BCUT2D eigenvalue weighted by molar-refractivity contribution is 5.94. The SMILES string of the molecule is CC1CCC(C(=O)Nc2ccc(C#CCN)cc2F)O1. The first-order valence-corrected chi connectivity index (χ1v) is 6.55. The van der Waals surface area contributed by atoms with E-state index >= 15 is 0 Å². The van der Waals surface area contributed by atoms with E-state index in [4.69, 9.17) is 10.5 Å². The van der Waals surface area contributed by atoms with Crippen LogP contribution in [0.4, 0.5) is 10.1 Å². The van der Waals surface area contributed by atoms with E-state index < -0.39 is 11.9 Å². The number of nitrogens with one attached hydrogen (secondary N) is 1. The Labute approximate surface area is 117 Å². The molecule has 0 spiro atoms. The molecule has 1 aliphatic heterocycles. The smallest absolute Gasteiger partial charge is 0.253 e. The third-order valence-electron chi connectivity index (χ3n) is 3.09. The van der Waals surface area contributed by atoms with Gasteiger partial charge in [-0.2, -0.15) is 0 Å². The number of halogens is 1. The monoisotopic (exact) mass is 276 g/mol. The number of carbonyl (C=O) groups excluding carboxylic acids is 1. The topological polar surface area (TPSA) is 64.4 Å². The van der Waals surface area contributed by atoms with Gasteiger partial charge in [-0.05, 0) is 38.0 Å². The van der Waals surface area contributed by atoms with Crippen LogP contribution in [0.15, 0.2) is 18.2 Å². The number of benzene rings is 1. The maximum absolute atomic E-state index is 13.8. The maximum Gasteiger partial charge on any atom is 0.253 e. The highest BCUT2D eigenvalue weighted by Crippen LogP contribution is 2.22. The summed E-state index contributed by atoms with van der Waals surface area (Å²) in [5.41, 5.74) is 5.91. The van der Waals surface area contributed by atoms with Crippen molar-refractivity contribution in [2.24, 2.45) is 5.73 Å². The molecule has 0 aromatic heterocycles. The first kappa shape index (κ1) is 14.5. The lowest BCUT2D eigenvalue weighted by atomic mass is 10.1. The predicted molar refractivity (Wildman–Crippen MR) is 74.5 cm³/mol. The zero-order chi connectivity index (χ0) is 14.5. The van der Waals surface area contributed by atoms with Crippen LogP contribution in [0.25, 0.3) is 0 Å². The van der Waals surface area contributed by atoms with E-state index in [1.807, 2.05) is 6.92 Å². The summed E-state index contributed by atoms with van der Waals surface area (Å²) in [5, 5.41) is 2.54. The summed E-state index contributed by atoms with van der Waals surface area (Å²) in [6, 6.07) is 4.40. The van der Waals surface area contributed by atoms with Gasteiger partial charge in [0.1, 0.15) is 11.9 Å². The molecule has 2 unspecified atom stereocenters. The summed E-state index contributed by atoms with van der Waals surface area (Å²) < 4.78 is 19.3. The summed E-state index contributed by atoms with van der Waals surface area (Å²) >= 11 is 0. The molecule has 4 nitrogen and oxygen atoms in total. The van der Waals surface area contributed by atoms with Gasteiger partial charge >= 0.3 is 0 Å². The van der Waals surface area contributed by atoms with Crippen molar-refractivity contribution >= 4 is 11.6 Å². The Balaban J connectivity index is 2.04. The quantitative estimate of drug-likeness (QED) is 0.807. The fourth-order valence-electron chi connectivity index (χ4n) is 2.06. The molecule has 3 N–H and O–H groups in total. The Kier molecular flexibility index (Phi) is 4.72. The van der Waals surface area contributed by atoms with Gasteiger partial charge in [0.05, 0.1) is 18.3 Å². The van der Waals surface area contributed by atoms with Crippen LogP contribution in [-0.4, -0.2) is 24.7 Å². The first-order valence-electron chi connectivity index (χ1n) is 6.55. The lowest BCUT2D eigenvalue weighted by Crippen LogP contribution is -2.28. The third kappa shape index (κ3) is 3.56. The zero-order valence-electron chi connectivity index (χ0n) is 11.3. The van der Waals surface area contributed by atoms with E-state index in [1.54, 1.807) is 6.07 Å². The van der Waals surface area contributed by atoms with E-state index in [1.165, 1.54) is 12.1 Å². The number of rotatable bonds is 2. The fraction of sp³-hybridized carbons (Fsp3) is 0.400. The molecule has 0 radical (unpaired) electrons. The first-order chi connectivity index (χ1) is 9.60. The number of ether oxygens (including phenoxy) is 1. The second-order valence-corrected chi connectivity index (χ2v) is 4.70. The molecule has 2 rings (SSSR count). The van der Waals surface area contributed by atoms with E-state index in [0.29, 0.717) is 12.0 Å². The third-order valence-corrected chi connectivity index (χ3v) is 3.09. The summed E-state index contributed by atoms with van der Waals surface area (Å²) in [6.45, 7) is 2.14. The molecule has 106 valence electrons. The summed E-state index contributed by atoms with van der Waals surface area (Å²) in [7, 11) is 0. The van der Waals surface area contributed by atoms with Gasteiger partial charge < -0.3 is 15.8 Å². The van der Waals surface area contributed by atoms with Crippen molar-refractivity contribution in [1.29, 1.82) is 0 Å². The number of carbonyl (C=O) groups is 1. The van der Waals surface area contributed by atoms with Crippen molar-refractivity contribution in [3.05, 3.63) is 29.6 Å². The predicted octanol–water partition coefficient (Wildman–Crippen LogP) is 1.64. The molecule has 1 aliphatic rings. The fourth-order valence-corrected chi connectivity index (χ4v) is 2.06. The Morgan fingerprint density at radius 2 is 2.35 bits per heavy atom. The van der Waals surface area contributed by atoms with Gasteiger partial charge in [-0.1, -0.05) is 11.8 Å². The summed E-state index contributed by atoms with van der Waals surface area (Å²) in [4.78, 5) is 11.9. The highest BCUT2D eigenvalue weighted by Gasteiger charge is 2.28. The highest BCUT2D eigenvalue weighted by atomic mass is 19.1. The second kappa shape index (κ2) is 6.51. The maximum atomic E-state index is 13.8. The summed E-state index contributed by atoms with van der Waals surface area (Å²) in [5.74, 6) is 4.55. The van der Waals surface area contributed by atoms with Crippen molar-refractivity contribution in [3.8, 4) is 11.8 Å². The Hall–Kier alpha value is -1.90. The lowest BCUT2D eigenvalue weighted by molar-refractivity contribution is -0.126. The molecule has 0 bridgehead atoms. The van der Waals surface area contributed by atoms with Crippen LogP contribution in [0.3, 0.4) is 0 Å². The number of amides is 1. The molecule has 0 saturated carbocycles. The standard InChI is InChI=1S/C15H17FN2O2/c1-10-4-7-14(20-10)15(19)18-13-6-5-11(3-2-8-17)9-12(13)16/h5-6,9-10,14H,4,7-8,17H2,1H3,(H,18,19). The Morgan fingerprint density at radius 1 is 1.55 bits per heavy atom. The Bertz CT molecular complexity index is 563. The van der Waals surface area contributed by atoms with Gasteiger partial charge in [0, 0.05) is 5.56 Å². The largest absolute Gasteiger partial charge is 0.365 e. The molecule has 2 atom stereocenters. The second-order valence-electron chi connectivity index (χ2n) is 4.70. The van der Waals surface area contributed by atoms with Crippen LogP contribution in [0.1, 0.15) is 25.3 Å². The zero-order valence-corrected chi connectivity index (χ0v) is 11.3. The minimum absolute atomic E-state index is 0.0736. The van der Waals surface area contributed by atoms with Crippen LogP contribution in [0.2, 0.25) is 0 Å². The van der Waals surface area contributed by atoms with Gasteiger partial charge in [0.15, 0.2) is 0 Å². The summed E-state index contributed by atoms with van der Waals surface area (Å²) in [6.07, 6.45) is 1.08. The minimum atomic E-state index is -0.520. The molecule has 1 fully saturated rings. The van der Waals surface area contributed by atoms with E-state index in [0.717, 1.165) is 6.42 Å². The normalized spacial score (nSPS) is 21.1. The van der Waals surface area contributed by atoms with Gasteiger partial charge in [-0.3, -0.25) is 4.79 Å². The number of nitrogens with two attached hydrogens (primary N) is 1. The van der Waals surface area contributed by atoms with Crippen molar-refractivity contribution in [2.75, 3.05) is 11.9 Å². The van der Waals surface area contributed by atoms with Crippen LogP contribution in [-0.2, 0) is 9.53 Å². The molecule has 1 saturated heterocycles. The molecule has 0 aliphatic carbocycles. The molecule has 1 aromatic carbocycles. The Morgan fingerprint density at radius 3 is 2.95 bits per heavy atom. The molecule has 1 aromatic rings. The number of hydrogen-bond acceptors (Lipinski definition) is 3. The van der Waals surface area contributed by atoms with Crippen molar-refractivity contribution in [1.82, 2.24) is 0 Å². The molecular formula is C15H17FN2O2. The van der Waals surface area contributed by atoms with Crippen molar-refractivity contribution in [3.63, 3.8) is 0 Å². The van der Waals surface area contributed by atoms with Gasteiger partial charge in [-0.15, -0.1) is 0 Å². The van der Waals surface area contributed by atoms with Gasteiger partial charge in [-0.25, -0.2) is 4.39 Å². The molecule has 5 heteroatoms.